The molecule has 0 aliphatic heterocycles. The predicted octanol–water partition coefficient (Wildman–Crippen LogP) is 3.99. The molecule has 0 aliphatic rings. The number of halogens is 3. The van der Waals surface area contributed by atoms with Crippen molar-refractivity contribution in [2.75, 3.05) is 5.32 Å². The summed E-state index contributed by atoms with van der Waals surface area (Å²) in [6.45, 7) is 0.485. The second kappa shape index (κ2) is 6.96. The van der Waals surface area contributed by atoms with Crippen LogP contribution in [0.25, 0.3) is 0 Å². The molecule has 3 aromatic rings. The Morgan fingerprint density at radius 3 is 2.62 bits per heavy atom. The van der Waals surface area contributed by atoms with Crippen molar-refractivity contribution >= 4 is 50.9 Å². The zero-order chi connectivity index (χ0) is 17.3. The topological polar surface area (TPSA) is 64.7 Å². The molecule has 0 saturated heterocycles. The fraction of sp³-hybridized carbons (Fsp3) is 0.133. The number of aryl methyl sites for hydroxylation is 1. The van der Waals surface area contributed by atoms with E-state index in [0.717, 1.165) is 5.56 Å². The molecule has 0 aliphatic carbocycles. The summed E-state index contributed by atoms with van der Waals surface area (Å²) in [5, 5.41) is 12.0. The first kappa shape index (κ1) is 17.0. The summed E-state index contributed by atoms with van der Waals surface area (Å²) in [7, 11) is 1.69. The van der Waals surface area contributed by atoms with Crippen molar-refractivity contribution in [3.63, 3.8) is 0 Å². The van der Waals surface area contributed by atoms with Gasteiger partial charge in [0, 0.05) is 24.5 Å². The van der Waals surface area contributed by atoms with Crippen molar-refractivity contribution in [2.24, 2.45) is 7.05 Å². The first-order chi connectivity index (χ1) is 11.4. The molecule has 0 spiro atoms. The van der Waals surface area contributed by atoms with Crippen molar-refractivity contribution in [3.05, 3.63) is 62.4 Å². The van der Waals surface area contributed by atoms with Crippen LogP contribution in [0.1, 0.15) is 16.1 Å². The maximum Gasteiger partial charge on any atom is 0.278 e. The van der Waals surface area contributed by atoms with Gasteiger partial charge in [-0.25, -0.2) is 0 Å². The van der Waals surface area contributed by atoms with Gasteiger partial charge >= 0.3 is 0 Å². The summed E-state index contributed by atoms with van der Waals surface area (Å²) in [4.78, 5) is 12.3. The van der Waals surface area contributed by atoms with E-state index >= 15 is 0 Å². The van der Waals surface area contributed by atoms with E-state index in [2.05, 4.69) is 31.4 Å². The first-order valence-corrected chi connectivity index (χ1v) is 8.46. The summed E-state index contributed by atoms with van der Waals surface area (Å²) < 4.78 is 3.80. The molecule has 2 aromatic heterocycles. The molecule has 1 N–H and O–H groups in total. The molecule has 0 saturated carbocycles. The largest absolute Gasteiger partial charge is 0.303 e. The van der Waals surface area contributed by atoms with E-state index in [4.69, 9.17) is 23.2 Å². The molecular weight excluding hydrogens is 417 g/mol. The molecule has 24 heavy (non-hydrogen) atoms. The normalized spacial score (nSPS) is 10.8. The monoisotopic (exact) mass is 427 g/mol. The van der Waals surface area contributed by atoms with Gasteiger partial charge < -0.3 is 5.32 Å². The number of carbonyl (C=O) groups excluding carboxylic acids is 1. The highest BCUT2D eigenvalue weighted by molar-refractivity contribution is 9.10. The lowest BCUT2D eigenvalue weighted by molar-refractivity contribution is 0.102. The van der Waals surface area contributed by atoms with Gasteiger partial charge in [-0.15, -0.1) is 0 Å². The number of amides is 1. The molecule has 124 valence electrons. The molecule has 3 rings (SSSR count). The van der Waals surface area contributed by atoms with Crippen LogP contribution in [0, 0.1) is 0 Å². The second-order valence-electron chi connectivity index (χ2n) is 5.07. The summed E-state index contributed by atoms with van der Waals surface area (Å²) in [6, 6.07) is 7.52. The number of nitrogens with zero attached hydrogens (tertiary/aromatic N) is 4. The number of anilines is 1. The number of rotatable bonds is 4. The molecule has 6 nitrogen and oxygen atoms in total. The van der Waals surface area contributed by atoms with Gasteiger partial charge in [-0.05, 0) is 27.6 Å². The van der Waals surface area contributed by atoms with E-state index < -0.39 is 5.91 Å². The SMILES string of the molecule is Cn1cc(Cl)c(C(=O)Nc2nn(Cc3ccccc3Cl)cc2Br)n1. The Morgan fingerprint density at radius 1 is 1.21 bits per heavy atom. The molecular formula is C15H12BrCl2N5O. The van der Waals surface area contributed by atoms with Crippen LogP contribution >= 0.6 is 39.1 Å². The molecule has 9 heteroatoms. The quantitative estimate of drug-likeness (QED) is 0.683. The van der Waals surface area contributed by atoms with E-state index in [1.807, 2.05) is 24.3 Å². The van der Waals surface area contributed by atoms with Crippen molar-refractivity contribution in [1.82, 2.24) is 19.6 Å². The van der Waals surface area contributed by atoms with Gasteiger partial charge in [0.15, 0.2) is 11.5 Å². The minimum absolute atomic E-state index is 0.145. The molecule has 0 fully saturated rings. The average Bonchev–Trinajstić information content (AvgIpc) is 3.04. The minimum atomic E-state index is -0.427. The highest BCUT2D eigenvalue weighted by Gasteiger charge is 2.18. The van der Waals surface area contributed by atoms with E-state index in [9.17, 15) is 4.79 Å². The zero-order valence-electron chi connectivity index (χ0n) is 12.5. The van der Waals surface area contributed by atoms with Crippen molar-refractivity contribution in [2.45, 2.75) is 6.54 Å². The van der Waals surface area contributed by atoms with Crippen LogP contribution in [-0.2, 0) is 13.6 Å². The van der Waals surface area contributed by atoms with E-state index in [1.165, 1.54) is 4.68 Å². The Balaban J connectivity index is 1.78. The maximum absolute atomic E-state index is 12.3. The maximum atomic E-state index is 12.3. The smallest absolute Gasteiger partial charge is 0.278 e. The number of hydrogen-bond donors (Lipinski definition) is 1. The van der Waals surface area contributed by atoms with Gasteiger partial charge in [-0.1, -0.05) is 41.4 Å². The Labute approximate surface area is 156 Å². The zero-order valence-corrected chi connectivity index (χ0v) is 15.6. The molecule has 2 heterocycles. The highest BCUT2D eigenvalue weighted by atomic mass is 79.9. The van der Waals surface area contributed by atoms with Crippen LogP contribution in [0.15, 0.2) is 41.1 Å². The third-order valence-electron chi connectivity index (χ3n) is 3.24. The van der Waals surface area contributed by atoms with Crippen molar-refractivity contribution in [3.8, 4) is 0 Å². The lowest BCUT2D eigenvalue weighted by atomic mass is 10.2. The number of carbonyl (C=O) groups is 1. The van der Waals surface area contributed by atoms with Crippen LogP contribution in [0.2, 0.25) is 10.0 Å². The molecule has 0 radical (unpaired) electrons. The van der Waals surface area contributed by atoms with Gasteiger partial charge in [-0.2, -0.15) is 10.2 Å². The number of aromatic nitrogens is 4. The minimum Gasteiger partial charge on any atom is -0.303 e. The number of hydrogen-bond acceptors (Lipinski definition) is 3. The van der Waals surface area contributed by atoms with Crippen LogP contribution in [-0.4, -0.2) is 25.5 Å². The van der Waals surface area contributed by atoms with Crippen molar-refractivity contribution < 1.29 is 4.79 Å². The van der Waals surface area contributed by atoms with Crippen LogP contribution in [0.3, 0.4) is 0 Å². The Hall–Kier alpha value is -1.83. The van der Waals surface area contributed by atoms with Gasteiger partial charge in [0.2, 0.25) is 0 Å². The lowest BCUT2D eigenvalue weighted by Crippen LogP contribution is -2.14. The Bertz CT molecular complexity index is 905. The first-order valence-electron chi connectivity index (χ1n) is 6.91. The predicted molar refractivity (Wildman–Crippen MR) is 96.7 cm³/mol. The number of benzene rings is 1. The number of nitrogens with one attached hydrogen (secondary N) is 1. The van der Waals surface area contributed by atoms with Gasteiger partial charge in [0.1, 0.15) is 0 Å². The van der Waals surface area contributed by atoms with Gasteiger partial charge in [0.25, 0.3) is 5.91 Å². The summed E-state index contributed by atoms with van der Waals surface area (Å²) in [5.74, 6) is -0.0435. The third kappa shape index (κ3) is 3.63. The van der Waals surface area contributed by atoms with Gasteiger partial charge in [-0.3, -0.25) is 14.2 Å². The average molecular weight is 429 g/mol. The lowest BCUT2D eigenvalue weighted by Gasteiger charge is -2.04. The van der Waals surface area contributed by atoms with Crippen LogP contribution in [0.5, 0.6) is 0 Å². The second-order valence-corrected chi connectivity index (χ2v) is 6.74. The summed E-state index contributed by atoms with van der Waals surface area (Å²) in [6.07, 6.45) is 3.32. The van der Waals surface area contributed by atoms with Crippen molar-refractivity contribution in [1.29, 1.82) is 0 Å². The third-order valence-corrected chi connectivity index (χ3v) is 4.46. The van der Waals surface area contributed by atoms with Crippen LogP contribution < -0.4 is 5.32 Å². The highest BCUT2D eigenvalue weighted by Crippen LogP contribution is 2.24. The van der Waals surface area contributed by atoms with Crippen LogP contribution in [0.4, 0.5) is 5.82 Å². The summed E-state index contributed by atoms with van der Waals surface area (Å²) >= 11 is 15.5. The molecule has 1 amide bonds. The molecule has 0 bridgehead atoms. The van der Waals surface area contributed by atoms with E-state index in [1.54, 1.807) is 24.1 Å². The molecule has 1 aromatic carbocycles. The fourth-order valence-corrected chi connectivity index (χ4v) is 3.02. The molecule has 0 atom stereocenters. The Kier molecular flexibility index (Phi) is 4.93. The molecule has 0 unspecified atom stereocenters. The van der Waals surface area contributed by atoms with E-state index in [-0.39, 0.29) is 10.7 Å². The Morgan fingerprint density at radius 2 is 1.96 bits per heavy atom. The van der Waals surface area contributed by atoms with E-state index in [0.29, 0.717) is 21.9 Å². The fourth-order valence-electron chi connectivity index (χ4n) is 2.14. The standard InChI is InChI=1S/C15H12BrCl2N5O/c1-22-8-12(18)13(20-22)15(24)19-14-10(16)7-23(21-14)6-9-4-2-3-5-11(9)17/h2-5,7-8H,6H2,1H3,(H,19,21,24). The summed E-state index contributed by atoms with van der Waals surface area (Å²) in [5.41, 5.74) is 1.08. The van der Waals surface area contributed by atoms with Gasteiger partial charge in [0.05, 0.1) is 16.0 Å².